The van der Waals surface area contributed by atoms with Crippen molar-refractivity contribution in [2.24, 2.45) is 5.73 Å². The number of hydrogen-bond donors (Lipinski definition) is 3. The molecule has 1 aromatic heterocycles. The first-order valence-electron chi connectivity index (χ1n) is 10.9. The number of carbonyl (C=O) groups excluding carboxylic acids is 1. The van der Waals surface area contributed by atoms with Gasteiger partial charge in [-0.2, -0.15) is 17.0 Å². The summed E-state index contributed by atoms with van der Waals surface area (Å²) in [5, 5.41) is 16.0. The van der Waals surface area contributed by atoms with Gasteiger partial charge in [-0.15, -0.1) is 0 Å². The second kappa shape index (κ2) is 10.8. The summed E-state index contributed by atoms with van der Waals surface area (Å²) in [6, 6.07) is 17.1. The molecule has 0 aliphatic carbocycles. The Hall–Kier alpha value is -3.90. The van der Waals surface area contributed by atoms with Crippen molar-refractivity contribution in [3.8, 4) is 11.8 Å². The van der Waals surface area contributed by atoms with Crippen molar-refractivity contribution in [2.45, 2.75) is 6.54 Å². The minimum atomic E-state index is -0.492. The van der Waals surface area contributed by atoms with Gasteiger partial charge in [-0.1, -0.05) is 18.2 Å². The van der Waals surface area contributed by atoms with Gasteiger partial charge in [0, 0.05) is 60.7 Å². The van der Waals surface area contributed by atoms with Gasteiger partial charge in [-0.3, -0.25) is 4.79 Å². The molecule has 1 aliphatic heterocycles. The summed E-state index contributed by atoms with van der Waals surface area (Å²) in [6.07, 6.45) is 1.51. The third kappa shape index (κ3) is 5.35. The summed E-state index contributed by atoms with van der Waals surface area (Å²) in [5.41, 5.74) is 9.57. The van der Waals surface area contributed by atoms with Gasteiger partial charge in [0.05, 0.1) is 24.0 Å². The average molecular weight is 475 g/mol. The van der Waals surface area contributed by atoms with Crippen LogP contribution in [0.1, 0.15) is 21.5 Å². The molecule has 3 aromatic rings. The van der Waals surface area contributed by atoms with Crippen molar-refractivity contribution in [3.63, 3.8) is 0 Å². The Morgan fingerprint density at radius 2 is 2.00 bits per heavy atom. The molecule has 0 radical (unpaired) electrons. The number of methoxy groups -OCH3 is 1. The molecule has 1 amide bonds. The first-order chi connectivity index (χ1) is 16.6. The minimum absolute atomic E-state index is 0.337. The third-order valence-corrected chi connectivity index (χ3v) is 6.54. The van der Waals surface area contributed by atoms with Crippen molar-refractivity contribution in [2.75, 3.05) is 47.2 Å². The van der Waals surface area contributed by atoms with Gasteiger partial charge in [0.2, 0.25) is 5.91 Å². The standard InChI is InChI=1S/C25H26N6O2S/c1-33-23-12-19(31-8-10-34-11-9-31)6-7-21(23)30-24-13-22(18(14-26)16-29-24)28-15-17-4-2-3-5-20(17)25(27)32/h2-7,12-13,16H,8-11,15H2,1H3,(H2,27,32)(H2,28,29,30). The topological polar surface area (TPSA) is 116 Å². The van der Waals surface area contributed by atoms with Gasteiger partial charge in [-0.05, 0) is 23.8 Å². The number of pyridine rings is 1. The summed E-state index contributed by atoms with van der Waals surface area (Å²) in [5.74, 6) is 3.03. The van der Waals surface area contributed by atoms with Gasteiger partial charge < -0.3 is 26.0 Å². The van der Waals surface area contributed by atoms with Gasteiger partial charge in [0.1, 0.15) is 17.6 Å². The van der Waals surface area contributed by atoms with Crippen LogP contribution in [0.5, 0.6) is 5.75 Å². The lowest BCUT2D eigenvalue weighted by atomic mass is 10.1. The Morgan fingerprint density at radius 3 is 2.74 bits per heavy atom. The normalized spacial score (nSPS) is 13.1. The summed E-state index contributed by atoms with van der Waals surface area (Å²) in [4.78, 5) is 18.4. The van der Waals surface area contributed by atoms with Crippen LogP contribution in [-0.2, 0) is 6.54 Å². The number of amides is 1. The number of hydrogen-bond acceptors (Lipinski definition) is 8. The fraction of sp³-hybridized carbons (Fsp3) is 0.240. The molecule has 4 rings (SSSR count). The highest BCUT2D eigenvalue weighted by Crippen LogP contribution is 2.33. The summed E-state index contributed by atoms with van der Waals surface area (Å²) in [7, 11) is 1.64. The first-order valence-corrected chi connectivity index (χ1v) is 12.0. The monoisotopic (exact) mass is 474 g/mol. The van der Waals surface area contributed by atoms with E-state index in [2.05, 4.69) is 32.7 Å². The van der Waals surface area contributed by atoms with Crippen molar-refractivity contribution < 1.29 is 9.53 Å². The van der Waals surface area contributed by atoms with Gasteiger partial charge >= 0.3 is 0 Å². The molecule has 1 aliphatic rings. The smallest absolute Gasteiger partial charge is 0.249 e. The molecule has 9 heteroatoms. The van der Waals surface area contributed by atoms with Crippen LogP contribution in [0.3, 0.4) is 0 Å². The van der Waals surface area contributed by atoms with E-state index in [1.807, 2.05) is 36.0 Å². The maximum Gasteiger partial charge on any atom is 0.249 e. The third-order valence-electron chi connectivity index (χ3n) is 5.60. The first kappa shape index (κ1) is 23.3. The second-order valence-electron chi connectivity index (χ2n) is 7.71. The fourth-order valence-corrected chi connectivity index (χ4v) is 4.71. The number of nitrogens with two attached hydrogens (primary N) is 1. The quantitative estimate of drug-likeness (QED) is 0.449. The van der Waals surface area contributed by atoms with E-state index in [-0.39, 0.29) is 0 Å². The molecule has 2 aromatic carbocycles. The van der Waals surface area contributed by atoms with Crippen LogP contribution < -0.4 is 26.0 Å². The fourth-order valence-electron chi connectivity index (χ4n) is 3.80. The number of primary amides is 1. The van der Waals surface area contributed by atoms with Crippen LogP contribution in [0.2, 0.25) is 0 Å². The molecular formula is C25H26N6O2S. The minimum Gasteiger partial charge on any atom is -0.494 e. The zero-order chi connectivity index (χ0) is 23.9. The predicted molar refractivity (Wildman–Crippen MR) is 137 cm³/mol. The van der Waals surface area contributed by atoms with Crippen LogP contribution in [0.25, 0.3) is 0 Å². The number of ether oxygens (including phenoxy) is 1. The SMILES string of the molecule is COc1cc(N2CCSCC2)ccc1Nc1cc(NCc2ccccc2C(N)=O)c(C#N)cn1. The molecule has 1 fully saturated rings. The molecule has 0 saturated carbocycles. The van der Waals surface area contributed by atoms with Gasteiger partial charge in [0.25, 0.3) is 0 Å². The number of carbonyl (C=O) groups is 1. The summed E-state index contributed by atoms with van der Waals surface area (Å²) in [6.45, 7) is 2.38. The van der Waals surface area contributed by atoms with E-state index in [0.717, 1.165) is 41.5 Å². The zero-order valence-corrected chi connectivity index (χ0v) is 19.7. The number of nitrogens with one attached hydrogen (secondary N) is 2. The lowest BCUT2D eigenvalue weighted by Crippen LogP contribution is -2.32. The number of anilines is 4. The number of benzene rings is 2. The molecule has 34 heavy (non-hydrogen) atoms. The number of rotatable bonds is 8. The number of nitrogens with zero attached hydrogens (tertiary/aromatic N) is 3. The van der Waals surface area contributed by atoms with Crippen molar-refractivity contribution in [1.29, 1.82) is 5.26 Å². The second-order valence-corrected chi connectivity index (χ2v) is 8.94. The molecule has 4 N–H and O–H groups in total. The largest absolute Gasteiger partial charge is 0.494 e. The molecule has 174 valence electrons. The summed E-state index contributed by atoms with van der Waals surface area (Å²) < 4.78 is 5.63. The Morgan fingerprint density at radius 1 is 1.21 bits per heavy atom. The van der Waals surface area contributed by atoms with Crippen LogP contribution in [0.15, 0.2) is 54.7 Å². The van der Waals surface area contributed by atoms with Crippen molar-refractivity contribution >= 4 is 40.5 Å². The van der Waals surface area contributed by atoms with Crippen LogP contribution >= 0.6 is 11.8 Å². The average Bonchev–Trinajstić information content (AvgIpc) is 2.88. The van der Waals surface area contributed by atoms with Crippen LogP contribution in [0.4, 0.5) is 22.9 Å². The maximum atomic E-state index is 11.7. The van der Waals surface area contributed by atoms with E-state index < -0.39 is 5.91 Å². The number of aromatic nitrogens is 1. The van der Waals surface area contributed by atoms with Crippen molar-refractivity contribution in [1.82, 2.24) is 4.98 Å². The van der Waals surface area contributed by atoms with E-state index in [4.69, 9.17) is 10.5 Å². The Bertz CT molecular complexity index is 1220. The number of thioether (sulfide) groups is 1. The van der Waals surface area contributed by atoms with E-state index in [1.165, 1.54) is 6.20 Å². The molecule has 0 bridgehead atoms. The maximum absolute atomic E-state index is 11.7. The molecule has 0 unspecified atom stereocenters. The van der Waals surface area contributed by atoms with E-state index in [0.29, 0.717) is 34.9 Å². The molecule has 2 heterocycles. The van der Waals surface area contributed by atoms with Gasteiger partial charge in [-0.25, -0.2) is 4.98 Å². The zero-order valence-electron chi connectivity index (χ0n) is 18.9. The summed E-state index contributed by atoms with van der Waals surface area (Å²) >= 11 is 1.97. The highest BCUT2D eigenvalue weighted by atomic mass is 32.2. The Balaban J connectivity index is 1.54. The Kier molecular flexibility index (Phi) is 7.40. The molecule has 8 nitrogen and oxygen atoms in total. The van der Waals surface area contributed by atoms with E-state index in [1.54, 1.807) is 25.3 Å². The number of nitriles is 1. The lowest BCUT2D eigenvalue weighted by molar-refractivity contribution is 0.0999. The van der Waals surface area contributed by atoms with Crippen LogP contribution in [0, 0.1) is 11.3 Å². The van der Waals surface area contributed by atoms with Crippen molar-refractivity contribution in [3.05, 3.63) is 71.4 Å². The molecule has 1 saturated heterocycles. The van der Waals surface area contributed by atoms with Crippen LogP contribution in [-0.4, -0.2) is 42.6 Å². The Labute approximate surface area is 203 Å². The molecule has 0 atom stereocenters. The molecular weight excluding hydrogens is 448 g/mol. The van der Waals surface area contributed by atoms with Gasteiger partial charge in [0.15, 0.2) is 0 Å². The lowest BCUT2D eigenvalue weighted by Gasteiger charge is -2.29. The van der Waals surface area contributed by atoms with E-state index >= 15 is 0 Å². The molecule has 0 spiro atoms. The highest BCUT2D eigenvalue weighted by molar-refractivity contribution is 7.99. The van der Waals surface area contributed by atoms with E-state index in [9.17, 15) is 10.1 Å². The predicted octanol–water partition coefficient (Wildman–Crippen LogP) is 3.97. The highest BCUT2D eigenvalue weighted by Gasteiger charge is 2.15.